The molecule has 5 heteroatoms. The topological polar surface area (TPSA) is 47.6 Å². The average molecular weight is 318 g/mol. The number of hydrogen-bond donors (Lipinski definition) is 1. The monoisotopic (exact) mass is 317 g/mol. The van der Waals surface area contributed by atoms with Gasteiger partial charge in [-0.25, -0.2) is 0 Å². The predicted molar refractivity (Wildman–Crippen MR) is 86.2 cm³/mol. The summed E-state index contributed by atoms with van der Waals surface area (Å²) in [6, 6.07) is 10.9. The van der Waals surface area contributed by atoms with Crippen molar-refractivity contribution in [2.24, 2.45) is 0 Å². The first-order chi connectivity index (χ1) is 10.6. The molecule has 3 rings (SSSR count). The van der Waals surface area contributed by atoms with Crippen molar-refractivity contribution >= 4 is 23.2 Å². The quantitative estimate of drug-likeness (QED) is 0.908. The highest BCUT2D eigenvalue weighted by Gasteiger charge is 2.18. The van der Waals surface area contributed by atoms with Gasteiger partial charge < -0.3 is 14.8 Å². The lowest BCUT2D eigenvalue weighted by molar-refractivity contribution is 0.102. The Hall–Kier alpha value is -2.20. The molecule has 4 nitrogen and oxygen atoms in total. The fourth-order valence-corrected chi connectivity index (χ4v) is 2.47. The number of anilines is 1. The number of hydrogen-bond acceptors (Lipinski definition) is 3. The van der Waals surface area contributed by atoms with E-state index in [-0.39, 0.29) is 5.91 Å². The van der Waals surface area contributed by atoms with E-state index in [4.69, 9.17) is 21.1 Å². The normalized spacial score (nSPS) is 13.4. The summed E-state index contributed by atoms with van der Waals surface area (Å²) < 4.78 is 11.2. The lowest BCUT2D eigenvalue weighted by atomic mass is 10.1. The van der Waals surface area contributed by atoms with Crippen molar-refractivity contribution in [3.63, 3.8) is 0 Å². The van der Waals surface area contributed by atoms with Crippen LogP contribution in [-0.4, -0.2) is 19.1 Å². The number of fused-ring (bicyclic) bond motifs is 1. The number of amides is 1. The molecule has 2 aromatic rings. The van der Waals surface area contributed by atoms with Crippen LogP contribution in [0.3, 0.4) is 0 Å². The second-order valence-electron chi connectivity index (χ2n) is 5.16. The van der Waals surface area contributed by atoms with Crippen LogP contribution in [0, 0.1) is 6.92 Å². The number of carbonyl (C=O) groups excluding carboxylic acids is 1. The zero-order valence-corrected chi connectivity index (χ0v) is 12.9. The van der Waals surface area contributed by atoms with Crippen LogP contribution >= 0.6 is 11.6 Å². The second-order valence-corrected chi connectivity index (χ2v) is 5.56. The van der Waals surface area contributed by atoms with Gasteiger partial charge in [0.05, 0.1) is 18.2 Å². The molecule has 0 spiro atoms. The first-order valence-corrected chi connectivity index (χ1v) is 7.48. The van der Waals surface area contributed by atoms with Crippen molar-refractivity contribution in [2.45, 2.75) is 13.3 Å². The summed E-state index contributed by atoms with van der Waals surface area (Å²) in [6.45, 7) is 3.10. The van der Waals surface area contributed by atoms with Crippen LogP contribution in [0.2, 0.25) is 5.02 Å². The summed E-state index contributed by atoms with van der Waals surface area (Å²) in [7, 11) is 0. The molecule has 0 unspecified atom stereocenters. The van der Waals surface area contributed by atoms with Gasteiger partial charge in [-0.05, 0) is 31.2 Å². The van der Waals surface area contributed by atoms with Gasteiger partial charge in [0.25, 0.3) is 5.91 Å². The number of aryl methyl sites for hydroxylation is 1. The van der Waals surface area contributed by atoms with Crippen LogP contribution < -0.4 is 14.8 Å². The third kappa shape index (κ3) is 3.17. The van der Waals surface area contributed by atoms with Gasteiger partial charge in [-0.3, -0.25) is 4.79 Å². The predicted octanol–water partition coefficient (Wildman–Crippen LogP) is 4.06. The first kappa shape index (κ1) is 14.7. The van der Waals surface area contributed by atoms with Crippen molar-refractivity contribution < 1.29 is 14.3 Å². The van der Waals surface area contributed by atoms with Crippen molar-refractivity contribution in [3.05, 3.63) is 52.5 Å². The smallest absolute Gasteiger partial charge is 0.255 e. The molecular weight excluding hydrogens is 302 g/mol. The van der Waals surface area contributed by atoms with E-state index >= 15 is 0 Å². The molecule has 0 saturated heterocycles. The molecule has 1 heterocycles. The van der Waals surface area contributed by atoms with Crippen molar-refractivity contribution in [1.82, 2.24) is 0 Å². The number of carbonyl (C=O) groups is 1. The Morgan fingerprint density at radius 3 is 2.64 bits per heavy atom. The SMILES string of the molecule is Cc1ccc(NC(=O)c2cc(Cl)c3c(c2)OCCCO3)cc1. The standard InChI is InChI=1S/C17H16ClNO3/c1-11-3-5-13(6-4-11)19-17(20)12-9-14(18)16-15(10-12)21-7-2-8-22-16/h3-6,9-10H,2,7-8H2,1H3,(H,19,20). The van der Waals surface area contributed by atoms with Crippen molar-refractivity contribution in [1.29, 1.82) is 0 Å². The van der Waals surface area contributed by atoms with Crippen LogP contribution in [0.25, 0.3) is 0 Å². The van der Waals surface area contributed by atoms with Crippen LogP contribution in [0.15, 0.2) is 36.4 Å². The molecule has 114 valence electrons. The van der Waals surface area contributed by atoms with E-state index in [1.54, 1.807) is 12.1 Å². The zero-order valence-electron chi connectivity index (χ0n) is 12.2. The van der Waals surface area contributed by atoms with E-state index in [1.165, 1.54) is 0 Å². The third-order valence-corrected chi connectivity index (χ3v) is 3.65. The molecular formula is C17H16ClNO3. The molecule has 0 aliphatic carbocycles. The van der Waals surface area contributed by atoms with E-state index in [9.17, 15) is 4.79 Å². The molecule has 1 amide bonds. The molecule has 0 saturated carbocycles. The Morgan fingerprint density at radius 2 is 1.86 bits per heavy atom. The fourth-order valence-electron chi connectivity index (χ4n) is 2.20. The largest absolute Gasteiger partial charge is 0.489 e. The van der Waals surface area contributed by atoms with Crippen molar-refractivity contribution in [3.8, 4) is 11.5 Å². The highest BCUT2D eigenvalue weighted by molar-refractivity contribution is 6.32. The summed E-state index contributed by atoms with van der Waals surface area (Å²) in [5.74, 6) is 0.784. The molecule has 0 aromatic heterocycles. The van der Waals surface area contributed by atoms with E-state index in [0.29, 0.717) is 35.3 Å². The molecule has 1 aliphatic rings. The highest BCUT2D eigenvalue weighted by Crippen LogP contribution is 2.38. The van der Waals surface area contributed by atoms with Gasteiger partial charge >= 0.3 is 0 Å². The maximum Gasteiger partial charge on any atom is 0.255 e. The van der Waals surface area contributed by atoms with E-state index in [1.807, 2.05) is 31.2 Å². The molecule has 0 bridgehead atoms. The molecule has 1 aliphatic heterocycles. The molecule has 2 aromatic carbocycles. The summed E-state index contributed by atoms with van der Waals surface area (Å²) >= 11 is 6.20. The lowest BCUT2D eigenvalue weighted by Gasteiger charge is -2.12. The lowest BCUT2D eigenvalue weighted by Crippen LogP contribution is -2.12. The molecule has 22 heavy (non-hydrogen) atoms. The van der Waals surface area contributed by atoms with Gasteiger partial charge in [-0.15, -0.1) is 0 Å². The number of rotatable bonds is 2. The van der Waals surface area contributed by atoms with Crippen LogP contribution in [0.4, 0.5) is 5.69 Å². The van der Waals surface area contributed by atoms with Crippen molar-refractivity contribution in [2.75, 3.05) is 18.5 Å². The average Bonchev–Trinajstić information content (AvgIpc) is 2.75. The minimum absolute atomic E-state index is 0.235. The molecule has 1 N–H and O–H groups in total. The van der Waals surface area contributed by atoms with Gasteiger partial charge in [0.2, 0.25) is 0 Å². The van der Waals surface area contributed by atoms with Crippen LogP contribution in [0.1, 0.15) is 22.3 Å². The highest BCUT2D eigenvalue weighted by atomic mass is 35.5. The van der Waals surface area contributed by atoms with Crippen LogP contribution in [0.5, 0.6) is 11.5 Å². The fraction of sp³-hybridized carbons (Fsp3) is 0.235. The minimum atomic E-state index is -0.235. The summed E-state index contributed by atoms with van der Waals surface area (Å²) in [4.78, 5) is 12.4. The summed E-state index contributed by atoms with van der Waals surface area (Å²) in [6.07, 6.45) is 0.788. The Bertz CT molecular complexity index is 698. The van der Waals surface area contributed by atoms with Gasteiger partial charge in [-0.1, -0.05) is 29.3 Å². The van der Waals surface area contributed by atoms with Gasteiger partial charge in [0, 0.05) is 17.7 Å². The van der Waals surface area contributed by atoms with Gasteiger partial charge in [-0.2, -0.15) is 0 Å². The second kappa shape index (κ2) is 6.28. The van der Waals surface area contributed by atoms with Crippen LogP contribution in [-0.2, 0) is 0 Å². The number of nitrogens with one attached hydrogen (secondary N) is 1. The third-order valence-electron chi connectivity index (χ3n) is 3.37. The van der Waals surface area contributed by atoms with E-state index in [0.717, 1.165) is 17.7 Å². The summed E-state index contributed by atoms with van der Waals surface area (Å²) in [5, 5.41) is 3.22. The Labute approximate surface area is 134 Å². The van der Waals surface area contributed by atoms with E-state index < -0.39 is 0 Å². The Kier molecular flexibility index (Phi) is 4.20. The van der Waals surface area contributed by atoms with E-state index in [2.05, 4.69) is 5.32 Å². The molecule has 0 fully saturated rings. The van der Waals surface area contributed by atoms with Gasteiger partial charge in [0.15, 0.2) is 11.5 Å². The van der Waals surface area contributed by atoms with Gasteiger partial charge in [0.1, 0.15) is 0 Å². The number of halogens is 1. The number of ether oxygens (including phenoxy) is 2. The first-order valence-electron chi connectivity index (χ1n) is 7.10. The molecule has 0 atom stereocenters. The maximum absolute atomic E-state index is 12.4. The maximum atomic E-state index is 12.4. The Balaban J connectivity index is 1.85. The summed E-state index contributed by atoms with van der Waals surface area (Å²) in [5.41, 5.74) is 2.31. The zero-order chi connectivity index (χ0) is 15.5. The molecule has 0 radical (unpaired) electrons. The number of benzene rings is 2. The minimum Gasteiger partial charge on any atom is -0.489 e. The Morgan fingerprint density at radius 1 is 1.14 bits per heavy atom.